The van der Waals surface area contributed by atoms with Crippen LogP contribution in [0, 0.1) is 0 Å². The minimum Gasteiger partial charge on any atom is -0.370 e. The molecule has 0 saturated heterocycles. The molecule has 68 valence electrons. The van der Waals surface area contributed by atoms with Crippen LogP contribution in [0.15, 0.2) is 0 Å². The minimum atomic E-state index is -0.942. The molecular weight excluding hydrogens is 193 g/mol. The number of hydrogen-bond donors (Lipinski definition) is 3. The summed E-state index contributed by atoms with van der Waals surface area (Å²) in [6, 6.07) is -0.942. The molecule has 7 heteroatoms. The number of amides is 2. The molecule has 0 aromatic heterocycles. The van der Waals surface area contributed by atoms with E-state index in [-0.39, 0.29) is 31.2 Å². The van der Waals surface area contributed by atoms with E-state index in [1.165, 1.54) is 0 Å². The number of hydrogen-bond acceptors (Lipinski definition) is 3. The van der Waals surface area contributed by atoms with Crippen LogP contribution in [0.4, 0.5) is 0 Å². The van der Waals surface area contributed by atoms with Gasteiger partial charge in [-0.1, -0.05) is 0 Å². The van der Waals surface area contributed by atoms with Crippen molar-refractivity contribution in [1.82, 2.24) is 0 Å². The first-order valence-corrected chi connectivity index (χ1v) is 2.37. The van der Waals surface area contributed by atoms with Gasteiger partial charge in [0.25, 0.3) is 0 Å². The third kappa shape index (κ3) is 9.48. The highest BCUT2D eigenvalue weighted by atomic mass is 35.5. The SMILES string of the molecule is Cl.Cl.NC(=O)C[C@H](N)C(N)=O. The number of primary amides is 2. The number of nitrogens with two attached hydrogens (primary N) is 3. The highest BCUT2D eigenvalue weighted by Gasteiger charge is 2.10. The van der Waals surface area contributed by atoms with Gasteiger partial charge in [0.2, 0.25) is 11.8 Å². The quantitative estimate of drug-likeness (QED) is 0.520. The first-order chi connectivity index (χ1) is 4.04. The summed E-state index contributed by atoms with van der Waals surface area (Å²) in [5, 5.41) is 0. The molecule has 0 aliphatic rings. The van der Waals surface area contributed by atoms with Crippen molar-refractivity contribution in [2.75, 3.05) is 0 Å². The van der Waals surface area contributed by atoms with E-state index >= 15 is 0 Å². The van der Waals surface area contributed by atoms with Crippen LogP contribution in [-0.2, 0) is 9.59 Å². The van der Waals surface area contributed by atoms with Crippen LogP contribution in [0.2, 0.25) is 0 Å². The Morgan fingerprint density at radius 1 is 1.18 bits per heavy atom. The molecule has 5 nitrogen and oxygen atoms in total. The molecule has 2 amide bonds. The van der Waals surface area contributed by atoms with Gasteiger partial charge in [-0.25, -0.2) is 0 Å². The van der Waals surface area contributed by atoms with Crippen molar-refractivity contribution in [2.45, 2.75) is 12.5 Å². The fourth-order valence-electron chi connectivity index (χ4n) is 0.317. The molecule has 0 rings (SSSR count). The van der Waals surface area contributed by atoms with Gasteiger partial charge in [-0.2, -0.15) is 0 Å². The third-order valence-electron chi connectivity index (χ3n) is 0.787. The smallest absolute Gasteiger partial charge is 0.234 e. The predicted molar refractivity (Wildman–Crippen MR) is 45.5 cm³/mol. The van der Waals surface area contributed by atoms with Crippen molar-refractivity contribution in [2.24, 2.45) is 17.2 Å². The lowest BCUT2D eigenvalue weighted by Crippen LogP contribution is -2.39. The maximum absolute atomic E-state index is 10.1. The highest BCUT2D eigenvalue weighted by Crippen LogP contribution is 1.82. The molecule has 1 atom stereocenters. The Balaban J connectivity index is -0.000000320. The standard InChI is InChI=1S/C4H9N3O2.2ClH/c5-2(4(7)9)1-3(6)8;;/h2H,1,5H2,(H2,6,8)(H2,7,9);2*1H/t2-;;/m0../s1. The Morgan fingerprint density at radius 3 is 1.64 bits per heavy atom. The third-order valence-corrected chi connectivity index (χ3v) is 0.787. The second-order valence-corrected chi connectivity index (χ2v) is 1.68. The minimum absolute atomic E-state index is 0. The summed E-state index contributed by atoms with van der Waals surface area (Å²) in [7, 11) is 0. The topological polar surface area (TPSA) is 112 Å². The molecule has 0 aromatic rings. The molecule has 0 spiro atoms. The molecule has 6 N–H and O–H groups in total. The van der Waals surface area contributed by atoms with E-state index in [0.29, 0.717) is 0 Å². The van der Waals surface area contributed by atoms with E-state index in [1.54, 1.807) is 0 Å². The van der Waals surface area contributed by atoms with Crippen LogP contribution < -0.4 is 17.2 Å². The number of carbonyl (C=O) groups is 2. The average molecular weight is 204 g/mol. The lowest BCUT2D eigenvalue weighted by Gasteiger charge is -2.01. The van der Waals surface area contributed by atoms with E-state index in [0.717, 1.165) is 0 Å². The van der Waals surface area contributed by atoms with Gasteiger partial charge in [0.15, 0.2) is 0 Å². The molecule has 0 saturated carbocycles. The zero-order chi connectivity index (χ0) is 7.44. The Kier molecular flexibility index (Phi) is 11.6. The second kappa shape index (κ2) is 7.59. The summed E-state index contributed by atoms with van der Waals surface area (Å²) in [6.07, 6.45) is -0.185. The Bertz CT molecular complexity index is 141. The Labute approximate surface area is 76.5 Å². The molecule has 0 aromatic carbocycles. The van der Waals surface area contributed by atoms with Gasteiger partial charge in [-0.15, -0.1) is 24.8 Å². The second-order valence-electron chi connectivity index (χ2n) is 1.68. The fraction of sp³-hybridized carbons (Fsp3) is 0.500. The molecule has 11 heavy (non-hydrogen) atoms. The van der Waals surface area contributed by atoms with E-state index in [2.05, 4.69) is 0 Å². The van der Waals surface area contributed by atoms with Crippen molar-refractivity contribution in [3.8, 4) is 0 Å². The maximum Gasteiger partial charge on any atom is 0.234 e. The van der Waals surface area contributed by atoms with E-state index in [1.807, 2.05) is 0 Å². The largest absolute Gasteiger partial charge is 0.370 e. The van der Waals surface area contributed by atoms with Gasteiger partial charge in [0.1, 0.15) is 0 Å². The summed E-state index contributed by atoms with van der Waals surface area (Å²) in [5.41, 5.74) is 14.5. The van der Waals surface area contributed by atoms with Crippen molar-refractivity contribution in [1.29, 1.82) is 0 Å². The zero-order valence-electron chi connectivity index (χ0n) is 5.65. The number of rotatable bonds is 3. The maximum atomic E-state index is 10.1. The van der Waals surface area contributed by atoms with Crippen molar-refractivity contribution in [3.63, 3.8) is 0 Å². The van der Waals surface area contributed by atoms with Crippen LogP contribution in [0.25, 0.3) is 0 Å². The molecule has 0 fully saturated rings. The molecular formula is C4H11Cl2N3O2. The summed E-state index contributed by atoms with van der Waals surface area (Å²) in [4.78, 5) is 20.2. The monoisotopic (exact) mass is 203 g/mol. The summed E-state index contributed by atoms with van der Waals surface area (Å²) in [6.45, 7) is 0. The molecule has 0 bridgehead atoms. The lowest BCUT2D eigenvalue weighted by molar-refractivity contribution is -0.124. The molecule has 0 aliphatic carbocycles. The lowest BCUT2D eigenvalue weighted by atomic mass is 10.2. The molecule has 0 aliphatic heterocycles. The van der Waals surface area contributed by atoms with Crippen LogP contribution >= 0.6 is 24.8 Å². The van der Waals surface area contributed by atoms with Crippen molar-refractivity contribution >= 4 is 36.6 Å². The van der Waals surface area contributed by atoms with Gasteiger partial charge in [-0.3, -0.25) is 9.59 Å². The molecule has 0 radical (unpaired) electrons. The van der Waals surface area contributed by atoms with Gasteiger partial charge in [0, 0.05) is 0 Å². The van der Waals surface area contributed by atoms with Crippen LogP contribution in [0.5, 0.6) is 0 Å². The summed E-state index contributed by atoms with van der Waals surface area (Å²) >= 11 is 0. The van der Waals surface area contributed by atoms with Gasteiger partial charge >= 0.3 is 0 Å². The van der Waals surface area contributed by atoms with Crippen molar-refractivity contribution in [3.05, 3.63) is 0 Å². The van der Waals surface area contributed by atoms with E-state index in [4.69, 9.17) is 17.2 Å². The molecule has 0 heterocycles. The summed E-state index contributed by atoms with van der Waals surface area (Å²) in [5.74, 6) is -1.34. The van der Waals surface area contributed by atoms with Crippen LogP contribution in [-0.4, -0.2) is 17.9 Å². The van der Waals surface area contributed by atoms with Crippen molar-refractivity contribution < 1.29 is 9.59 Å². The fourth-order valence-corrected chi connectivity index (χ4v) is 0.317. The first kappa shape index (κ1) is 16.8. The predicted octanol–water partition coefficient (Wildman–Crippen LogP) is -1.48. The number of halogens is 2. The summed E-state index contributed by atoms with van der Waals surface area (Å²) < 4.78 is 0. The van der Waals surface area contributed by atoms with E-state index in [9.17, 15) is 9.59 Å². The number of carbonyl (C=O) groups excluding carboxylic acids is 2. The van der Waals surface area contributed by atoms with Crippen LogP contribution in [0.3, 0.4) is 0 Å². The zero-order valence-corrected chi connectivity index (χ0v) is 7.28. The van der Waals surface area contributed by atoms with Gasteiger partial charge in [0.05, 0.1) is 12.5 Å². The normalized spacial score (nSPS) is 10.3. The van der Waals surface area contributed by atoms with Gasteiger partial charge in [-0.05, 0) is 0 Å². The Morgan fingerprint density at radius 2 is 1.55 bits per heavy atom. The average Bonchev–Trinajstić information content (AvgIpc) is 1.63. The van der Waals surface area contributed by atoms with E-state index < -0.39 is 17.9 Å². The van der Waals surface area contributed by atoms with Crippen LogP contribution in [0.1, 0.15) is 6.42 Å². The Hall–Kier alpha value is -0.520. The van der Waals surface area contributed by atoms with Gasteiger partial charge < -0.3 is 17.2 Å². The first-order valence-electron chi connectivity index (χ1n) is 2.37. The molecule has 0 unspecified atom stereocenters. The highest BCUT2D eigenvalue weighted by molar-refractivity contribution is 5.86.